The number of carbonyl (C=O) groups is 1. The third kappa shape index (κ3) is 3.20. The lowest BCUT2D eigenvalue weighted by Gasteiger charge is -2.05. The van der Waals surface area contributed by atoms with E-state index in [1.54, 1.807) is 30.0 Å². The Morgan fingerprint density at radius 3 is 2.95 bits per heavy atom. The van der Waals surface area contributed by atoms with E-state index < -0.39 is 5.92 Å². The Hall–Kier alpha value is -2.40. The monoisotopic (exact) mass is 303 g/mol. The van der Waals surface area contributed by atoms with Crippen LogP contribution in [0.5, 0.6) is 0 Å². The van der Waals surface area contributed by atoms with Gasteiger partial charge in [-0.3, -0.25) is 4.79 Å². The van der Waals surface area contributed by atoms with Crippen LogP contribution < -0.4 is 0 Å². The van der Waals surface area contributed by atoms with Gasteiger partial charge in [0.05, 0.1) is 18.1 Å². The minimum absolute atomic E-state index is 0.0531. The summed E-state index contributed by atoms with van der Waals surface area (Å²) in [6, 6.07) is 5.36. The van der Waals surface area contributed by atoms with Gasteiger partial charge in [0.1, 0.15) is 5.92 Å². The van der Waals surface area contributed by atoms with E-state index in [2.05, 4.69) is 10.2 Å². The van der Waals surface area contributed by atoms with Gasteiger partial charge in [-0.25, -0.2) is 0 Å². The number of Topliss-reactive ketones (excluding diaryl/α,β-unsaturated/α-hetero) is 1. The first kappa shape index (κ1) is 15.0. The Morgan fingerprint density at radius 1 is 1.62 bits per heavy atom. The lowest BCUT2D eigenvalue weighted by Crippen LogP contribution is -2.21. The molecule has 0 aliphatic carbocycles. The molecular formula is C13H13N5O2S. The van der Waals surface area contributed by atoms with Crippen LogP contribution in [0.25, 0.3) is 11.6 Å². The predicted octanol–water partition coefficient (Wildman–Crippen LogP) is 1.92. The van der Waals surface area contributed by atoms with Crippen molar-refractivity contribution in [2.24, 2.45) is 13.0 Å². The van der Waals surface area contributed by atoms with Crippen LogP contribution in [0.2, 0.25) is 0 Å². The summed E-state index contributed by atoms with van der Waals surface area (Å²) in [5, 5.41) is 24.9. The van der Waals surface area contributed by atoms with Gasteiger partial charge in [-0.2, -0.15) is 5.26 Å². The predicted molar refractivity (Wildman–Crippen MR) is 76.9 cm³/mol. The highest BCUT2D eigenvalue weighted by molar-refractivity contribution is 7.99. The van der Waals surface area contributed by atoms with Crippen molar-refractivity contribution in [3.8, 4) is 17.7 Å². The SMILES string of the molecule is CC(=N)C(C#N)C(=O)CSc1nnc(-c2ccco2)n1C. The molecule has 0 aliphatic heterocycles. The third-order valence-corrected chi connectivity index (χ3v) is 3.85. The smallest absolute Gasteiger partial charge is 0.200 e. The number of carbonyl (C=O) groups excluding carboxylic acids is 1. The number of nitrogens with zero attached hydrogens (tertiary/aromatic N) is 4. The fraction of sp³-hybridized carbons (Fsp3) is 0.308. The molecule has 2 aromatic heterocycles. The van der Waals surface area contributed by atoms with Gasteiger partial charge < -0.3 is 14.4 Å². The summed E-state index contributed by atoms with van der Waals surface area (Å²) < 4.78 is 6.97. The minimum atomic E-state index is -0.990. The third-order valence-electron chi connectivity index (χ3n) is 2.80. The van der Waals surface area contributed by atoms with Crippen molar-refractivity contribution in [1.29, 1.82) is 10.7 Å². The van der Waals surface area contributed by atoms with Gasteiger partial charge in [-0.05, 0) is 19.1 Å². The fourth-order valence-electron chi connectivity index (χ4n) is 1.69. The van der Waals surface area contributed by atoms with Crippen LogP contribution in [0.1, 0.15) is 6.92 Å². The molecule has 2 aromatic rings. The van der Waals surface area contributed by atoms with E-state index in [4.69, 9.17) is 15.1 Å². The van der Waals surface area contributed by atoms with Gasteiger partial charge in [-0.1, -0.05) is 11.8 Å². The van der Waals surface area contributed by atoms with E-state index in [-0.39, 0.29) is 17.2 Å². The largest absolute Gasteiger partial charge is 0.461 e. The van der Waals surface area contributed by atoms with Crippen molar-refractivity contribution in [2.75, 3.05) is 5.75 Å². The maximum absolute atomic E-state index is 11.9. The van der Waals surface area contributed by atoms with Crippen LogP contribution in [0.15, 0.2) is 28.0 Å². The van der Waals surface area contributed by atoms with Crippen LogP contribution >= 0.6 is 11.8 Å². The van der Waals surface area contributed by atoms with E-state index in [0.29, 0.717) is 16.7 Å². The molecule has 7 nitrogen and oxygen atoms in total. The first-order chi connectivity index (χ1) is 10.0. The quantitative estimate of drug-likeness (QED) is 0.645. The van der Waals surface area contributed by atoms with Gasteiger partial charge in [0.25, 0.3) is 0 Å². The van der Waals surface area contributed by atoms with Crippen LogP contribution in [0.4, 0.5) is 0 Å². The summed E-state index contributed by atoms with van der Waals surface area (Å²) in [6.07, 6.45) is 1.55. The van der Waals surface area contributed by atoms with Gasteiger partial charge in [0.2, 0.25) is 0 Å². The summed E-state index contributed by atoms with van der Waals surface area (Å²) >= 11 is 1.18. The number of thioether (sulfide) groups is 1. The molecule has 1 unspecified atom stereocenters. The first-order valence-corrected chi connectivity index (χ1v) is 7.06. The average molecular weight is 303 g/mol. The number of hydrogen-bond acceptors (Lipinski definition) is 7. The average Bonchev–Trinajstić information content (AvgIpc) is 3.06. The first-order valence-electron chi connectivity index (χ1n) is 6.08. The van der Waals surface area contributed by atoms with Crippen molar-refractivity contribution >= 4 is 23.3 Å². The highest BCUT2D eigenvalue weighted by Crippen LogP contribution is 2.23. The summed E-state index contributed by atoms with van der Waals surface area (Å²) in [5.74, 6) is -0.0743. The Bertz CT molecular complexity index is 699. The van der Waals surface area contributed by atoms with Gasteiger partial charge in [0.15, 0.2) is 22.5 Å². The Kier molecular flexibility index (Phi) is 4.55. The van der Waals surface area contributed by atoms with Gasteiger partial charge in [-0.15, -0.1) is 10.2 Å². The summed E-state index contributed by atoms with van der Waals surface area (Å²) in [5.41, 5.74) is 0.0531. The maximum Gasteiger partial charge on any atom is 0.200 e. The molecule has 0 saturated carbocycles. The molecule has 0 fully saturated rings. The van der Waals surface area contributed by atoms with E-state index >= 15 is 0 Å². The molecule has 2 heterocycles. The number of nitrogens with one attached hydrogen (secondary N) is 1. The van der Waals surface area contributed by atoms with E-state index in [1.165, 1.54) is 18.7 Å². The number of ketones is 1. The lowest BCUT2D eigenvalue weighted by molar-refractivity contribution is -0.117. The minimum Gasteiger partial charge on any atom is -0.461 e. The zero-order valence-corrected chi connectivity index (χ0v) is 12.3. The molecule has 1 atom stereocenters. The van der Waals surface area contributed by atoms with Crippen molar-refractivity contribution in [3.63, 3.8) is 0 Å². The normalized spacial score (nSPS) is 11.9. The zero-order valence-electron chi connectivity index (χ0n) is 11.5. The second-order valence-electron chi connectivity index (χ2n) is 4.34. The van der Waals surface area contributed by atoms with Crippen molar-refractivity contribution in [1.82, 2.24) is 14.8 Å². The number of hydrogen-bond donors (Lipinski definition) is 1. The second-order valence-corrected chi connectivity index (χ2v) is 5.29. The van der Waals surface area contributed by atoms with E-state index in [9.17, 15) is 4.79 Å². The molecule has 0 bridgehead atoms. The van der Waals surface area contributed by atoms with Crippen LogP contribution in [0.3, 0.4) is 0 Å². The number of rotatable bonds is 6. The highest BCUT2D eigenvalue weighted by Gasteiger charge is 2.21. The van der Waals surface area contributed by atoms with E-state index in [0.717, 1.165) is 0 Å². The van der Waals surface area contributed by atoms with Gasteiger partial charge >= 0.3 is 0 Å². The number of aromatic nitrogens is 3. The van der Waals surface area contributed by atoms with Crippen LogP contribution in [0, 0.1) is 22.7 Å². The molecule has 0 spiro atoms. The van der Waals surface area contributed by atoms with Crippen molar-refractivity contribution in [2.45, 2.75) is 12.1 Å². The molecule has 2 rings (SSSR count). The molecular weight excluding hydrogens is 290 g/mol. The summed E-state index contributed by atoms with van der Waals surface area (Å²) in [7, 11) is 1.77. The number of nitriles is 1. The van der Waals surface area contributed by atoms with Crippen molar-refractivity contribution < 1.29 is 9.21 Å². The van der Waals surface area contributed by atoms with Crippen LogP contribution in [-0.4, -0.2) is 32.0 Å². The molecule has 0 aromatic carbocycles. The summed E-state index contributed by atoms with van der Waals surface area (Å²) in [4.78, 5) is 11.9. The molecule has 0 amide bonds. The number of furan rings is 1. The Labute approximate surface area is 125 Å². The van der Waals surface area contributed by atoms with Crippen LogP contribution in [-0.2, 0) is 11.8 Å². The highest BCUT2D eigenvalue weighted by atomic mass is 32.2. The maximum atomic E-state index is 11.9. The van der Waals surface area contributed by atoms with Gasteiger partial charge in [0, 0.05) is 12.8 Å². The second kappa shape index (κ2) is 6.37. The molecule has 1 N–H and O–H groups in total. The molecule has 0 radical (unpaired) electrons. The van der Waals surface area contributed by atoms with Crippen molar-refractivity contribution in [3.05, 3.63) is 18.4 Å². The topological polar surface area (TPSA) is 109 Å². The molecule has 8 heteroatoms. The zero-order chi connectivity index (χ0) is 15.4. The Morgan fingerprint density at radius 2 is 2.38 bits per heavy atom. The van der Waals surface area contributed by atoms with E-state index in [1.807, 2.05) is 6.07 Å². The summed E-state index contributed by atoms with van der Waals surface area (Å²) in [6.45, 7) is 1.45. The molecule has 21 heavy (non-hydrogen) atoms. The fourth-order valence-corrected chi connectivity index (χ4v) is 2.51. The molecule has 0 aliphatic rings. The Balaban J connectivity index is 2.07. The standard InChI is InChI=1S/C13H13N5O2S/c1-8(15)9(6-14)10(19)7-21-13-17-16-12(18(13)2)11-4-3-5-20-11/h3-5,9,15H,7H2,1-2H3. The molecule has 108 valence electrons. The molecule has 0 saturated heterocycles. The lowest BCUT2D eigenvalue weighted by atomic mass is 10.0.